The molecule has 0 unspecified atom stereocenters. The molecule has 1 fully saturated rings. The molecule has 8 nitrogen and oxygen atoms in total. The number of anilines is 1. The number of carbonyl (C=O) groups excluding carboxylic acids is 1. The third-order valence-electron chi connectivity index (χ3n) is 5.17. The number of hydrogen-bond donors (Lipinski definition) is 2. The van der Waals surface area contributed by atoms with Gasteiger partial charge in [-0.2, -0.15) is 4.31 Å². The quantitative estimate of drug-likeness (QED) is 0.527. The minimum absolute atomic E-state index is 0.124. The third kappa shape index (κ3) is 4.98. The van der Waals surface area contributed by atoms with Crippen LogP contribution in [-0.4, -0.2) is 43.9 Å². The first-order valence-corrected chi connectivity index (χ1v) is 12.8. The van der Waals surface area contributed by atoms with Crippen LogP contribution in [0.3, 0.4) is 0 Å². The summed E-state index contributed by atoms with van der Waals surface area (Å²) in [6, 6.07) is 9.44. The summed E-state index contributed by atoms with van der Waals surface area (Å²) in [6.07, 6.45) is 2.73. The van der Waals surface area contributed by atoms with E-state index in [1.54, 1.807) is 18.2 Å². The highest BCUT2D eigenvalue weighted by atomic mass is 35.5. The number of methoxy groups -OCH3 is 1. The van der Waals surface area contributed by atoms with Crippen LogP contribution < -0.4 is 15.4 Å². The lowest BCUT2D eigenvalue weighted by atomic mass is 10.2. The number of thiazole rings is 1. The Bertz CT molecular complexity index is 1240. The fraction of sp³-hybridized carbons (Fsp3) is 0.333. The van der Waals surface area contributed by atoms with E-state index in [9.17, 15) is 13.2 Å². The lowest BCUT2D eigenvalue weighted by Crippen LogP contribution is -2.35. The highest BCUT2D eigenvalue weighted by Gasteiger charge is 2.27. The second-order valence-corrected chi connectivity index (χ2v) is 10.8. The Morgan fingerprint density at radius 1 is 1.19 bits per heavy atom. The van der Waals surface area contributed by atoms with Crippen LogP contribution in [0.15, 0.2) is 41.3 Å². The number of nitrogens with one attached hydrogen (secondary N) is 2. The van der Waals surface area contributed by atoms with Gasteiger partial charge in [-0.05, 0) is 49.2 Å². The Hall–Kier alpha value is -2.40. The molecule has 0 spiro atoms. The Morgan fingerprint density at radius 3 is 2.72 bits per heavy atom. The van der Waals surface area contributed by atoms with Crippen LogP contribution >= 0.6 is 22.9 Å². The molecule has 0 saturated carbocycles. The highest BCUT2D eigenvalue weighted by Crippen LogP contribution is 2.30. The van der Waals surface area contributed by atoms with Crippen LogP contribution in [-0.2, 0) is 16.6 Å². The zero-order valence-corrected chi connectivity index (χ0v) is 19.8. The highest BCUT2D eigenvalue weighted by molar-refractivity contribution is 7.89. The van der Waals surface area contributed by atoms with Crippen molar-refractivity contribution >= 4 is 54.9 Å². The van der Waals surface area contributed by atoms with E-state index in [0.717, 1.165) is 34.5 Å². The van der Waals surface area contributed by atoms with Gasteiger partial charge in [-0.3, -0.25) is 0 Å². The summed E-state index contributed by atoms with van der Waals surface area (Å²) in [5.41, 5.74) is 1.05. The van der Waals surface area contributed by atoms with Gasteiger partial charge in [0.05, 0.1) is 34.5 Å². The van der Waals surface area contributed by atoms with E-state index >= 15 is 0 Å². The molecule has 2 heterocycles. The van der Waals surface area contributed by atoms with Gasteiger partial charge in [0.15, 0.2) is 0 Å². The lowest BCUT2D eigenvalue weighted by Gasteiger charge is -2.26. The predicted molar refractivity (Wildman–Crippen MR) is 126 cm³/mol. The van der Waals surface area contributed by atoms with Gasteiger partial charge in [-0.25, -0.2) is 18.2 Å². The number of halogens is 1. The maximum atomic E-state index is 13.0. The molecule has 0 radical (unpaired) electrons. The maximum absolute atomic E-state index is 13.0. The molecule has 11 heteroatoms. The van der Waals surface area contributed by atoms with Crippen molar-refractivity contribution in [3.8, 4) is 5.75 Å². The first-order valence-electron chi connectivity index (χ1n) is 10.1. The number of piperidine rings is 1. The second-order valence-electron chi connectivity index (χ2n) is 7.35. The number of aromatic nitrogens is 1. The summed E-state index contributed by atoms with van der Waals surface area (Å²) >= 11 is 7.46. The van der Waals surface area contributed by atoms with Crippen molar-refractivity contribution < 1.29 is 17.9 Å². The van der Waals surface area contributed by atoms with Gasteiger partial charge in [0, 0.05) is 18.1 Å². The number of sulfonamides is 1. The van der Waals surface area contributed by atoms with Crippen molar-refractivity contribution in [1.82, 2.24) is 14.6 Å². The van der Waals surface area contributed by atoms with Crippen LogP contribution in [0.25, 0.3) is 10.2 Å². The summed E-state index contributed by atoms with van der Waals surface area (Å²) in [4.78, 5) is 17.1. The van der Waals surface area contributed by atoms with Gasteiger partial charge in [-0.15, -0.1) is 11.3 Å². The Morgan fingerprint density at radius 2 is 1.97 bits per heavy atom. The number of urea groups is 1. The van der Waals surface area contributed by atoms with E-state index in [0.29, 0.717) is 23.9 Å². The van der Waals surface area contributed by atoms with Crippen molar-refractivity contribution in [2.45, 2.75) is 30.7 Å². The third-order valence-corrected chi connectivity index (χ3v) is 8.33. The smallest absolute Gasteiger partial charge is 0.319 e. The molecular formula is C21H23ClN4O4S2. The van der Waals surface area contributed by atoms with Crippen molar-refractivity contribution in [3.63, 3.8) is 0 Å². The van der Waals surface area contributed by atoms with Crippen LogP contribution in [0.2, 0.25) is 5.02 Å². The molecule has 2 N–H and O–H groups in total. The SMILES string of the molecule is COc1ccc(S(=O)(=O)N2CCCCC2)cc1NC(=O)NCc1nc2cc(Cl)ccc2s1. The summed E-state index contributed by atoms with van der Waals surface area (Å²) in [5, 5.41) is 6.76. The standard InChI is InChI=1S/C21H23ClN4O4S2/c1-30-18-7-6-15(32(28,29)26-9-3-2-4-10-26)12-16(18)25-21(27)23-13-20-24-17-11-14(22)5-8-19(17)31-20/h5-8,11-12H,2-4,9-10,13H2,1H3,(H2,23,25,27). The van der Waals surface area contributed by atoms with Gasteiger partial charge in [0.25, 0.3) is 0 Å². The summed E-state index contributed by atoms with van der Waals surface area (Å²) in [7, 11) is -2.17. The van der Waals surface area contributed by atoms with E-state index in [4.69, 9.17) is 16.3 Å². The second kappa shape index (κ2) is 9.62. The average Bonchev–Trinajstić information content (AvgIpc) is 3.20. The minimum atomic E-state index is -3.63. The van der Waals surface area contributed by atoms with Crippen LogP contribution in [0, 0.1) is 0 Å². The Kier molecular flexibility index (Phi) is 6.85. The van der Waals surface area contributed by atoms with Crippen molar-refractivity contribution in [3.05, 3.63) is 46.4 Å². The molecule has 4 rings (SSSR count). The van der Waals surface area contributed by atoms with Gasteiger partial charge in [0.2, 0.25) is 10.0 Å². The van der Waals surface area contributed by atoms with E-state index < -0.39 is 16.1 Å². The van der Waals surface area contributed by atoms with Gasteiger partial charge in [0.1, 0.15) is 10.8 Å². The molecule has 0 aliphatic carbocycles. The van der Waals surface area contributed by atoms with Gasteiger partial charge < -0.3 is 15.4 Å². The molecule has 1 saturated heterocycles. The van der Waals surface area contributed by atoms with Crippen LogP contribution in [0.5, 0.6) is 5.75 Å². The number of benzene rings is 2. The molecule has 1 aromatic heterocycles. The fourth-order valence-corrected chi connectivity index (χ4v) is 6.14. The van der Waals surface area contributed by atoms with Crippen molar-refractivity contribution in [2.75, 3.05) is 25.5 Å². The summed E-state index contributed by atoms with van der Waals surface area (Å²) < 4.78 is 33.7. The van der Waals surface area contributed by atoms with E-state index in [2.05, 4.69) is 15.6 Å². The monoisotopic (exact) mass is 494 g/mol. The number of amides is 2. The average molecular weight is 495 g/mol. The number of nitrogens with zero attached hydrogens (tertiary/aromatic N) is 2. The summed E-state index contributed by atoms with van der Waals surface area (Å²) in [5.74, 6) is 0.368. The van der Waals surface area contributed by atoms with Gasteiger partial charge >= 0.3 is 6.03 Å². The van der Waals surface area contributed by atoms with Gasteiger partial charge in [-0.1, -0.05) is 18.0 Å². The number of hydrogen-bond acceptors (Lipinski definition) is 6. The largest absolute Gasteiger partial charge is 0.495 e. The van der Waals surface area contributed by atoms with Crippen molar-refractivity contribution in [2.24, 2.45) is 0 Å². The van der Waals surface area contributed by atoms with E-state index in [1.165, 1.54) is 34.9 Å². The molecule has 2 amide bonds. The van der Waals surface area contributed by atoms with Crippen LogP contribution in [0.4, 0.5) is 10.5 Å². The minimum Gasteiger partial charge on any atom is -0.495 e. The molecule has 0 bridgehead atoms. The fourth-order valence-electron chi connectivity index (χ4n) is 3.55. The number of carbonyl (C=O) groups is 1. The molecule has 0 atom stereocenters. The molecule has 2 aromatic carbocycles. The normalized spacial score (nSPS) is 14.9. The molecule has 3 aromatic rings. The zero-order valence-electron chi connectivity index (χ0n) is 17.4. The maximum Gasteiger partial charge on any atom is 0.319 e. The lowest BCUT2D eigenvalue weighted by molar-refractivity contribution is 0.251. The number of ether oxygens (including phenoxy) is 1. The number of rotatable bonds is 6. The molecule has 1 aliphatic heterocycles. The Balaban J connectivity index is 1.47. The van der Waals surface area contributed by atoms with Crippen molar-refractivity contribution in [1.29, 1.82) is 0 Å². The molecule has 1 aliphatic rings. The van der Waals surface area contributed by atoms with E-state index in [-0.39, 0.29) is 17.1 Å². The Labute approximate surface area is 195 Å². The topological polar surface area (TPSA) is 101 Å². The molecular weight excluding hydrogens is 472 g/mol. The first kappa shape index (κ1) is 22.8. The molecule has 32 heavy (non-hydrogen) atoms. The van der Waals surface area contributed by atoms with E-state index in [1.807, 2.05) is 6.07 Å². The number of fused-ring (bicyclic) bond motifs is 1. The zero-order chi connectivity index (χ0) is 22.7. The van der Waals surface area contributed by atoms with Crippen LogP contribution in [0.1, 0.15) is 24.3 Å². The summed E-state index contributed by atoms with van der Waals surface area (Å²) in [6.45, 7) is 1.23. The molecule has 170 valence electrons. The first-order chi connectivity index (χ1) is 15.4. The predicted octanol–water partition coefficient (Wildman–Crippen LogP) is 4.45.